The van der Waals surface area contributed by atoms with Gasteiger partial charge in [-0.2, -0.15) is 5.10 Å². The highest BCUT2D eigenvalue weighted by molar-refractivity contribution is 5.88. The molecular formula is C22H20N6. The predicted octanol–water partition coefficient (Wildman–Crippen LogP) is 3.97. The summed E-state index contributed by atoms with van der Waals surface area (Å²) in [5, 5.41) is 8.05. The number of nitrogens with one attached hydrogen (secondary N) is 1. The van der Waals surface area contributed by atoms with Crippen LogP contribution in [0.5, 0.6) is 0 Å². The molecule has 5 rings (SSSR count). The van der Waals surface area contributed by atoms with Gasteiger partial charge in [0.15, 0.2) is 0 Å². The Hall–Kier alpha value is -3.67. The molecule has 2 aromatic heterocycles. The van der Waals surface area contributed by atoms with Crippen molar-refractivity contribution in [2.45, 2.75) is 12.8 Å². The number of nitrogens with zero attached hydrogens (tertiary/aromatic N) is 4. The van der Waals surface area contributed by atoms with Crippen molar-refractivity contribution in [3.63, 3.8) is 0 Å². The van der Waals surface area contributed by atoms with Crippen LogP contribution in [-0.4, -0.2) is 19.7 Å². The summed E-state index contributed by atoms with van der Waals surface area (Å²) < 4.78 is 1.91. The van der Waals surface area contributed by atoms with Crippen LogP contribution in [0.1, 0.15) is 11.3 Å². The van der Waals surface area contributed by atoms with E-state index in [4.69, 9.17) is 15.8 Å². The first-order valence-corrected chi connectivity index (χ1v) is 9.30. The Morgan fingerprint density at radius 3 is 2.61 bits per heavy atom. The van der Waals surface area contributed by atoms with Gasteiger partial charge in [0.25, 0.3) is 0 Å². The number of para-hydroxylation sites is 2. The van der Waals surface area contributed by atoms with Crippen LogP contribution in [0.2, 0.25) is 0 Å². The highest BCUT2D eigenvalue weighted by Crippen LogP contribution is 2.41. The number of benzene rings is 2. The molecule has 1 aliphatic rings. The van der Waals surface area contributed by atoms with Gasteiger partial charge in [-0.15, -0.1) is 0 Å². The monoisotopic (exact) mass is 368 g/mol. The molecule has 138 valence electrons. The van der Waals surface area contributed by atoms with Crippen LogP contribution in [0.15, 0.2) is 60.8 Å². The lowest BCUT2D eigenvalue weighted by Crippen LogP contribution is -2.08. The Bertz CT molecular complexity index is 1160. The SMILES string of the molecule is Cn1nc2c(c1-c1ccccc1N)-c1nc(Nc3ccccc3)ncc1CC2. The number of hydrogen-bond donors (Lipinski definition) is 2. The number of nitrogen functional groups attached to an aromatic ring is 1. The lowest BCUT2D eigenvalue weighted by atomic mass is 9.91. The quantitative estimate of drug-likeness (QED) is 0.535. The van der Waals surface area contributed by atoms with Gasteiger partial charge in [0.1, 0.15) is 0 Å². The molecule has 6 nitrogen and oxygen atoms in total. The third-order valence-electron chi connectivity index (χ3n) is 5.10. The Morgan fingerprint density at radius 1 is 1.00 bits per heavy atom. The van der Waals surface area contributed by atoms with Crippen molar-refractivity contribution < 1.29 is 0 Å². The maximum absolute atomic E-state index is 6.28. The summed E-state index contributed by atoms with van der Waals surface area (Å²) >= 11 is 0. The van der Waals surface area contributed by atoms with Gasteiger partial charge in [-0.05, 0) is 36.6 Å². The van der Waals surface area contributed by atoms with E-state index in [0.717, 1.165) is 58.0 Å². The fourth-order valence-corrected chi connectivity index (χ4v) is 3.80. The molecule has 28 heavy (non-hydrogen) atoms. The summed E-state index contributed by atoms with van der Waals surface area (Å²) in [6.45, 7) is 0. The molecule has 3 N–H and O–H groups in total. The molecule has 1 aliphatic carbocycles. The van der Waals surface area contributed by atoms with Gasteiger partial charge in [0.2, 0.25) is 5.95 Å². The number of fused-ring (bicyclic) bond motifs is 3. The number of aryl methyl sites for hydroxylation is 3. The van der Waals surface area contributed by atoms with Crippen LogP contribution < -0.4 is 11.1 Å². The minimum absolute atomic E-state index is 0.577. The molecular weight excluding hydrogens is 348 g/mol. The molecule has 0 radical (unpaired) electrons. The molecule has 0 unspecified atom stereocenters. The Kier molecular flexibility index (Phi) is 3.83. The first-order valence-electron chi connectivity index (χ1n) is 9.30. The Balaban J connectivity index is 1.66. The van der Waals surface area contributed by atoms with Crippen molar-refractivity contribution in [2.24, 2.45) is 7.05 Å². The molecule has 2 heterocycles. The second-order valence-electron chi connectivity index (χ2n) is 6.94. The van der Waals surface area contributed by atoms with E-state index in [1.165, 1.54) is 0 Å². The van der Waals surface area contributed by atoms with Crippen LogP contribution in [-0.2, 0) is 19.9 Å². The second-order valence-corrected chi connectivity index (χ2v) is 6.94. The number of anilines is 3. The number of aromatic nitrogens is 4. The minimum Gasteiger partial charge on any atom is -0.398 e. The zero-order valence-electron chi connectivity index (χ0n) is 15.6. The fourth-order valence-electron chi connectivity index (χ4n) is 3.80. The fraction of sp³-hybridized carbons (Fsp3) is 0.136. The van der Waals surface area contributed by atoms with Crippen molar-refractivity contribution in [1.29, 1.82) is 0 Å². The highest BCUT2D eigenvalue weighted by Gasteiger charge is 2.27. The molecule has 6 heteroatoms. The summed E-state index contributed by atoms with van der Waals surface area (Å²) in [5.41, 5.74) is 14.1. The van der Waals surface area contributed by atoms with Gasteiger partial charge in [-0.3, -0.25) is 4.68 Å². The Labute approximate surface area is 163 Å². The molecule has 0 spiro atoms. The first-order chi connectivity index (χ1) is 13.7. The third kappa shape index (κ3) is 2.70. The number of nitrogens with two attached hydrogens (primary N) is 1. The smallest absolute Gasteiger partial charge is 0.227 e. The zero-order chi connectivity index (χ0) is 19.1. The van der Waals surface area contributed by atoms with E-state index >= 15 is 0 Å². The molecule has 0 saturated heterocycles. The topological polar surface area (TPSA) is 81.7 Å². The lowest BCUT2D eigenvalue weighted by Gasteiger charge is -2.17. The number of hydrogen-bond acceptors (Lipinski definition) is 5. The second kappa shape index (κ2) is 6.49. The first kappa shape index (κ1) is 16.5. The van der Waals surface area contributed by atoms with Crippen molar-refractivity contribution >= 4 is 17.3 Å². The van der Waals surface area contributed by atoms with E-state index < -0.39 is 0 Å². The minimum atomic E-state index is 0.577. The van der Waals surface area contributed by atoms with Crippen LogP contribution in [0, 0.1) is 0 Å². The summed E-state index contributed by atoms with van der Waals surface area (Å²) in [6.07, 6.45) is 3.67. The van der Waals surface area contributed by atoms with Crippen molar-refractivity contribution in [3.05, 3.63) is 72.1 Å². The van der Waals surface area contributed by atoms with Crippen LogP contribution in [0.4, 0.5) is 17.3 Å². The standard InChI is InChI=1S/C22H20N6/c1-28-21(16-9-5-6-10-17(16)23)19-18(27-28)12-11-14-13-24-22(26-20(14)19)25-15-7-3-2-4-8-15/h2-10,13H,11-12,23H2,1H3,(H,24,25,26). The molecule has 4 aromatic rings. The molecule has 0 saturated carbocycles. The van der Waals surface area contributed by atoms with Gasteiger partial charge < -0.3 is 11.1 Å². The molecule has 0 bridgehead atoms. The average Bonchev–Trinajstić information content (AvgIpc) is 3.05. The summed E-state index contributed by atoms with van der Waals surface area (Å²) in [5.74, 6) is 0.577. The van der Waals surface area contributed by atoms with Crippen LogP contribution in [0.3, 0.4) is 0 Å². The maximum Gasteiger partial charge on any atom is 0.227 e. The summed E-state index contributed by atoms with van der Waals surface area (Å²) in [7, 11) is 1.96. The predicted molar refractivity (Wildman–Crippen MR) is 111 cm³/mol. The molecule has 0 amide bonds. The van der Waals surface area contributed by atoms with Crippen molar-refractivity contribution in [2.75, 3.05) is 11.1 Å². The molecule has 0 atom stereocenters. The maximum atomic E-state index is 6.28. The van der Waals surface area contributed by atoms with E-state index in [9.17, 15) is 0 Å². The van der Waals surface area contributed by atoms with Crippen molar-refractivity contribution in [3.8, 4) is 22.5 Å². The molecule has 2 aromatic carbocycles. The van der Waals surface area contributed by atoms with Crippen LogP contribution >= 0.6 is 0 Å². The van der Waals surface area contributed by atoms with E-state index in [2.05, 4.69) is 10.3 Å². The van der Waals surface area contributed by atoms with E-state index in [0.29, 0.717) is 5.95 Å². The lowest BCUT2D eigenvalue weighted by molar-refractivity contribution is 0.741. The average molecular weight is 368 g/mol. The normalized spacial score (nSPS) is 12.3. The van der Waals surface area contributed by atoms with E-state index in [-0.39, 0.29) is 0 Å². The summed E-state index contributed by atoms with van der Waals surface area (Å²) in [6, 6.07) is 17.8. The van der Waals surface area contributed by atoms with Crippen LogP contribution in [0.25, 0.3) is 22.5 Å². The van der Waals surface area contributed by atoms with Crippen molar-refractivity contribution in [1.82, 2.24) is 19.7 Å². The zero-order valence-corrected chi connectivity index (χ0v) is 15.6. The van der Waals surface area contributed by atoms with Gasteiger partial charge in [-0.25, -0.2) is 9.97 Å². The third-order valence-corrected chi connectivity index (χ3v) is 5.10. The Morgan fingerprint density at radius 2 is 1.79 bits per heavy atom. The van der Waals surface area contributed by atoms with Gasteiger partial charge in [0, 0.05) is 35.7 Å². The van der Waals surface area contributed by atoms with Gasteiger partial charge in [-0.1, -0.05) is 36.4 Å². The van der Waals surface area contributed by atoms with Gasteiger partial charge >= 0.3 is 0 Å². The largest absolute Gasteiger partial charge is 0.398 e. The van der Waals surface area contributed by atoms with E-state index in [1.54, 1.807) is 0 Å². The van der Waals surface area contributed by atoms with E-state index in [1.807, 2.05) is 72.5 Å². The highest BCUT2D eigenvalue weighted by atomic mass is 15.3. The summed E-state index contributed by atoms with van der Waals surface area (Å²) in [4.78, 5) is 9.38. The molecule has 0 aliphatic heterocycles. The van der Waals surface area contributed by atoms with Gasteiger partial charge in [0.05, 0.1) is 17.1 Å². The number of rotatable bonds is 3. The molecule has 0 fully saturated rings.